The molecule has 1 rings (SSSR count). The van der Waals surface area contributed by atoms with Crippen LogP contribution in [0.3, 0.4) is 0 Å². The molecule has 0 aromatic carbocycles. The van der Waals surface area contributed by atoms with Gasteiger partial charge in [0, 0.05) is 15.6 Å². The van der Waals surface area contributed by atoms with Crippen molar-refractivity contribution in [3.05, 3.63) is 12.7 Å². The maximum absolute atomic E-state index is 9.25. The van der Waals surface area contributed by atoms with E-state index in [9.17, 15) is 4.79 Å². The Kier molecular flexibility index (Phi) is 7.14. The molecule has 1 heterocycles. The quantitative estimate of drug-likeness (QED) is 0.480. The number of carboxylic acids is 1. The Morgan fingerprint density at radius 1 is 1.36 bits per heavy atom. The molecule has 0 bridgehead atoms. The molecule has 0 aromatic rings. The average Bonchev–Trinajstić information content (AvgIpc) is 2.09. The van der Waals surface area contributed by atoms with E-state index < -0.39 is 5.97 Å². The maximum atomic E-state index is 9.25. The number of hydrogen-bond donors (Lipinski definition) is 1. The fraction of sp³-hybridized carbons (Fsp3) is 0.625. The second-order valence-corrected chi connectivity index (χ2v) is 4.79. The van der Waals surface area contributed by atoms with Gasteiger partial charge < -0.3 is 5.11 Å². The van der Waals surface area contributed by atoms with Gasteiger partial charge >= 0.3 is 5.97 Å². The van der Waals surface area contributed by atoms with Crippen LogP contribution in [0.1, 0.15) is 19.3 Å². The minimum atomic E-state index is -0.981. The van der Waals surface area contributed by atoms with Crippen LogP contribution >= 0.6 is 0 Å². The SMILES string of the molecule is C1CC[SiH2]CC1.C=CC(=O)O. The van der Waals surface area contributed by atoms with Gasteiger partial charge in [0.05, 0.1) is 0 Å². The highest BCUT2D eigenvalue weighted by Gasteiger charge is 1.96. The van der Waals surface area contributed by atoms with Crippen molar-refractivity contribution < 1.29 is 9.90 Å². The zero-order valence-electron chi connectivity index (χ0n) is 6.88. The van der Waals surface area contributed by atoms with Crippen LogP contribution in [0.5, 0.6) is 0 Å². The molecule has 0 saturated carbocycles. The van der Waals surface area contributed by atoms with Crippen molar-refractivity contribution in [1.29, 1.82) is 0 Å². The van der Waals surface area contributed by atoms with Crippen LogP contribution in [0.4, 0.5) is 0 Å². The third kappa shape index (κ3) is 9.43. The van der Waals surface area contributed by atoms with E-state index in [1.54, 1.807) is 24.9 Å². The molecule has 0 radical (unpaired) electrons. The Balaban J connectivity index is 0.000000187. The maximum Gasteiger partial charge on any atom is 0.327 e. The second-order valence-electron chi connectivity index (χ2n) is 2.66. The fourth-order valence-corrected chi connectivity index (χ4v) is 2.83. The molecule has 2 nitrogen and oxygen atoms in total. The van der Waals surface area contributed by atoms with E-state index in [-0.39, 0.29) is 0 Å². The molecule has 64 valence electrons. The Hall–Kier alpha value is -0.573. The van der Waals surface area contributed by atoms with E-state index >= 15 is 0 Å². The molecule has 0 spiro atoms. The monoisotopic (exact) mass is 172 g/mol. The molecule has 3 heteroatoms. The van der Waals surface area contributed by atoms with E-state index in [0.29, 0.717) is 9.52 Å². The molecule has 0 aromatic heterocycles. The first-order valence-electron chi connectivity index (χ1n) is 4.12. The van der Waals surface area contributed by atoms with Crippen molar-refractivity contribution in [2.24, 2.45) is 0 Å². The summed E-state index contributed by atoms with van der Waals surface area (Å²) >= 11 is 0. The molecule has 1 saturated heterocycles. The van der Waals surface area contributed by atoms with Gasteiger partial charge in [0.2, 0.25) is 0 Å². The highest BCUT2D eigenvalue weighted by atomic mass is 28.2. The molecule has 11 heavy (non-hydrogen) atoms. The number of hydrogen-bond acceptors (Lipinski definition) is 1. The summed E-state index contributed by atoms with van der Waals surface area (Å²) in [5, 5.41) is 7.60. The summed E-state index contributed by atoms with van der Waals surface area (Å²) in [5.74, 6) is -0.981. The lowest BCUT2D eigenvalue weighted by atomic mass is 10.3. The van der Waals surface area contributed by atoms with Gasteiger partial charge in [0.1, 0.15) is 0 Å². The molecule has 1 N–H and O–H groups in total. The Morgan fingerprint density at radius 2 is 1.82 bits per heavy atom. The zero-order chi connectivity index (χ0) is 8.53. The molecular weight excluding hydrogens is 156 g/mol. The Labute approximate surface area is 70.1 Å². The van der Waals surface area contributed by atoms with E-state index in [0.717, 1.165) is 6.08 Å². The minimum absolute atomic E-state index is 0.508. The first-order valence-corrected chi connectivity index (χ1v) is 6.12. The van der Waals surface area contributed by atoms with Crippen LogP contribution in [0.15, 0.2) is 12.7 Å². The van der Waals surface area contributed by atoms with Crippen LogP contribution in [-0.2, 0) is 4.79 Å². The molecule has 0 atom stereocenters. The lowest BCUT2D eigenvalue weighted by Crippen LogP contribution is -1.94. The number of carbonyl (C=O) groups is 1. The van der Waals surface area contributed by atoms with Crippen LogP contribution in [0.25, 0.3) is 0 Å². The summed E-state index contributed by atoms with van der Waals surface area (Å²) in [6.45, 7) is 2.96. The third-order valence-electron chi connectivity index (χ3n) is 1.67. The second kappa shape index (κ2) is 7.53. The van der Waals surface area contributed by atoms with E-state index in [4.69, 9.17) is 5.11 Å². The summed E-state index contributed by atoms with van der Waals surface area (Å²) in [6.07, 6.45) is 5.49. The largest absolute Gasteiger partial charge is 0.478 e. The fourth-order valence-electron chi connectivity index (χ4n) is 1.06. The van der Waals surface area contributed by atoms with Crippen molar-refractivity contribution in [2.45, 2.75) is 31.4 Å². The minimum Gasteiger partial charge on any atom is -0.478 e. The Morgan fingerprint density at radius 3 is 1.91 bits per heavy atom. The average molecular weight is 172 g/mol. The van der Waals surface area contributed by atoms with Gasteiger partial charge in [-0.25, -0.2) is 4.79 Å². The van der Waals surface area contributed by atoms with Gasteiger partial charge in [0.25, 0.3) is 0 Å². The molecule has 1 aliphatic heterocycles. The van der Waals surface area contributed by atoms with E-state index in [2.05, 4.69) is 6.58 Å². The third-order valence-corrected chi connectivity index (χ3v) is 3.67. The normalized spacial score (nSPS) is 16.0. The van der Waals surface area contributed by atoms with Gasteiger partial charge in [0.15, 0.2) is 0 Å². The number of rotatable bonds is 1. The van der Waals surface area contributed by atoms with Gasteiger partial charge in [-0.2, -0.15) is 0 Å². The summed E-state index contributed by atoms with van der Waals surface area (Å²) in [4.78, 5) is 9.25. The molecule has 0 unspecified atom stereocenters. The van der Waals surface area contributed by atoms with Gasteiger partial charge in [-0.1, -0.05) is 37.9 Å². The van der Waals surface area contributed by atoms with Crippen molar-refractivity contribution in [3.63, 3.8) is 0 Å². The highest BCUT2D eigenvalue weighted by Crippen LogP contribution is 2.10. The highest BCUT2D eigenvalue weighted by molar-refractivity contribution is 6.35. The molecule has 0 amide bonds. The molecular formula is C8H16O2Si. The first-order chi connectivity index (χ1) is 5.27. The van der Waals surface area contributed by atoms with E-state index in [1.165, 1.54) is 6.42 Å². The number of carboxylic acid groups (broad SMARTS) is 1. The van der Waals surface area contributed by atoms with Gasteiger partial charge in [-0.3, -0.25) is 0 Å². The molecule has 1 aliphatic rings. The van der Waals surface area contributed by atoms with Crippen LogP contribution < -0.4 is 0 Å². The van der Waals surface area contributed by atoms with Crippen molar-refractivity contribution in [2.75, 3.05) is 0 Å². The van der Waals surface area contributed by atoms with Crippen LogP contribution in [-0.4, -0.2) is 20.6 Å². The predicted octanol–water partition coefficient (Wildman–Crippen LogP) is 1.43. The topological polar surface area (TPSA) is 37.3 Å². The zero-order valence-corrected chi connectivity index (χ0v) is 8.30. The first kappa shape index (κ1) is 10.4. The van der Waals surface area contributed by atoms with E-state index in [1.807, 2.05) is 0 Å². The molecule has 1 fully saturated rings. The summed E-state index contributed by atoms with van der Waals surface area (Å²) in [5.41, 5.74) is 0. The molecule has 0 aliphatic carbocycles. The predicted molar refractivity (Wildman–Crippen MR) is 49.8 cm³/mol. The van der Waals surface area contributed by atoms with Crippen molar-refractivity contribution in [1.82, 2.24) is 0 Å². The summed E-state index contributed by atoms with van der Waals surface area (Å²) < 4.78 is 0. The smallest absolute Gasteiger partial charge is 0.327 e. The summed E-state index contributed by atoms with van der Waals surface area (Å²) in [6, 6.07) is 3.28. The number of aliphatic carboxylic acids is 1. The Bertz CT molecular complexity index is 108. The van der Waals surface area contributed by atoms with Crippen LogP contribution in [0, 0.1) is 0 Å². The van der Waals surface area contributed by atoms with Crippen molar-refractivity contribution in [3.8, 4) is 0 Å². The van der Waals surface area contributed by atoms with Crippen LogP contribution in [0.2, 0.25) is 12.1 Å². The lowest BCUT2D eigenvalue weighted by Gasteiger charge is -2.04. The van der Waals surface area contributed by atoms with Crippen molar-refractivity contribution >= 4 is 15.5 Å². The lowest BCUT2D eigenvalue weighted by molar-refractivity contribution is -0.131. The van der Waals surface area contributed by atoms with Gasteiger partial charge in [-0.15, -0.1) is 0 Å². The summed E-state index contributed by atoms with van der Waals surface area (Å²) in [7, 11) is 0.508. The standard InChI is InChI=1S/C5H12Si.C3H4O2/c1-2-4-6-5-3-1;1-2-3(4)5/h1-6H2;2H,1H2,(H,4,5). The van der Waals surface area contributed by atoms with Gasteiger partial charge in [-0.05, 0) is 0 Å².